The first kappa shape index (κ1) is 25.7. The smallest absolute Gasteiger partial charge is 0.272 e. The summed E-state index contributed by atoms with van der Waals surface area (Å²) in [6.07, 6.45) is 4.07. The Balaban J connectivity index is 1.91. The van der Waals surface area contributed by atoms with Crippen LogP contribution in [-0.2, 0) is 19.2 Å². The lowest BCUT2D eigenvalue weighted by atomic mass is 9.92. The Hall–Kier alpha value is -2.88. The molecule has 3 rings (SSSR count). The Labute approximate surface area is 197 Å². The van der Waals surface area contributed by atoms with Gasteiger partial charge in [0.15, 0.2) is 0 Å². The summed E-state index contributed by atoms with van der Waals surface area (Å²) in [5.41, 5.74) is -6.01. The van der Waals surface area contributed by atoms with Gasteiger partial charge in [-0.25, -0.2) is 0 Å². The summed E-state index contributed by atoms with van der Waals surface area (Å²) >= 11 is 1.09. The van der Waals surface area contributed by atoms with Gasteiger partial charge in [0.2, 0.25) is 0 Å². The summed E-state index contributed by atoms with van der Waals surface area (Å²) in [7, 11) is -6.25. The van der Waals surface area contributed by atoms with E-state index in [9.17, 15) is 36.0 Å². The molecule has 0 saturated carbocycles. The minimum Gasteiger partial charge on any atom is -0.272 e. The summed E-state index contributed by atoms with van der Waals surface area (Å²) in [6, 6.07) is 6.67. The number of hydroxylamine groups is 2. The summed E-state index contributed by atoms with van der Waals surface area (Å²) in [5.74, 6) is 3.09. The van der Waals surface area contributed by atoms with Crippen LogP contribution >= 0.6 is 11.8 Å². The molecule has 2 amide bonds. The fraction of sp³-hybridized carbons (Fsp3) is 0.318. The fourth-order valence-corrected chi connectivity index (χ4v) is 4.31. The summed E-state index contributed by atoms with van der Waals surface area (Å²) < 4.78 is 64.6. The molecule has 34 heavy (non-hydrogen) atoms. The highest BCUT2D eigenvalue weighted by atomic mass is 32.2. The normalized spacial score (nSPS) is 13.7. The second-order valence-electron chi connectivity index (χ2n) is 7.21. The Bertz CT molecular complexity index is 1300. The highest BCUT2D eigenvalue weighted by Gasteiger charge is 2.51. The van der Waals surface area contributed by atoms with Gasteiger partial charge in [-0.15, -0.1) is 9.35 Å². The lowest BCUT2D eigenvalue weighted by molar-refractivity contribution is -0.106. The van der Waals surface area contributed by atoms with Crippen molar-refractivity contribution in [1.29, 1.82) is 0 Å². The average Bonchev–Trinajstić information content (AvgIpc) is 2.78. The first-order valence-electron chi connectivity index (χ1n) is 10.1. The van der Waals surface area contributed by atoms with E-state index in [1.807, 2.05) is 0 Å². The Morgan fingerprint density at radius 1 is 1.06 bits per heavy atom. The minimum absolute atomic E-state index is 0.0771. The molecule has 1 aliphatic heterocycles. The summed E-state index contributed by atoms with van der Waals surface area (Å²) in [4.78, 5) is 37.3. The van der Waals surface area contributed by atoms with Crippen LogP contribution < -0.4 is 0 Å². The molecular formula is C22H18F3NO6S2. The van der Waals surface area contributed by atoms with Crippen LogP contribution in [0.4, 0.5) is 13.2 Å². The number of imide groups is 1. The van der Waals surface area contributed by atoms with Crippen molar-refractivity contribution in [1.82, 2.24) is 5.06 Å². The second-order valence-corrected chi connectivity index (χ2v) is 9.80. The maximum absolute atomic E-state index is 12.7. The maximum atomic E-state index is 12.7. The number of nitrogens with zero attached hydrogens (tertiary/aromatic N) is 1. The Morgan fingerprint density at radius 2 is 1.74 bits per heavy atom. The van der Waals surface area contributed by atoms with Crippen molar-refractivity contribution < 1.29 is 40.3 Å². The van der Waals surface area contributed by atoms with Crippen LogP contribution in [0.2, 0.25) is 0 Å². The van der Waals surface area contributed by atoms with Crippen LogP contribution in [0.15, 0.2) is 30.3 Å². The zero-order valence-corrected chi connectivity index (χ0v) is 19.4. The number of rotatable bonds is 7. The molecule has 12 heteroatoms. The van der Waals surface area contributed by atoms with Crippen molar-refractivity contribution in [2.45, 2.75) is 38.1 Å². The zero-order valence-electron chi connectivity index (χ0n) is 17.8. The van der Waals surface area contributed by atoms with E-state index < -0.39 is 32.5 Å². The number of alkyl halides is 3. The molecule has 0 bridgehead atoms. The van der Waals surface area contributed by atoms with Crippen LogP contribution in [0.5, 0.6) is 0 Å². The van der Waals surface area contributed by atoms with Gasteiger partial charge in [-0.2, -0.15) is 21.6 Å². The molecule has 7 nitrogen and oxygen atoms in total. The molecule has 180 valence electrons. The third kappa shape index (κ3) is 5.27. The lowest BCUT2D eigenvalue weighted by Gasteiger charge is -2.25. The maximum Gasteiger partial charge on any atom is 0.525 e. The van der Waals surface area contributed by atoms with Crippen molar-refractivity contribution >= 4 is 49.6 Å². The first-order valence-corrected chi connectivity index (χ1v) is 12.5. The number of benzene rings is 2. The monoisotopic (exact) mass is 513 g/mol. The van der Waals surface area contributed by atoms with Gasteiger partial charge < -0.3 is 0 Å². The molecule has 0 atom stereocenters. The number of amides is 2. The number of hydrogen-bond donors (Lipinski definition) is 0. The number of thioether (sulfide) groups is 1. The number of carbonyl (C=O) groups excluding carboxylic acids is 3. The molecule has 1 aliphatic rings. The van der Waals surface area contributed by atoms with Crippen molar-refractivity contribution in [2.24, 2.45) is 0 Å². The lowest BCUT2D eigenvalue weighted by Crippen LogP contribution is -2.44. The SMILES string of the molecule is CCCCCCSC(=O)C#Cc1ccc2c3c(cccc13)C(=O)N(OS(=O)(=O)C(F)(F)F)C2=O. The van der Waals surface area contributed by atoms with E-state index >= 15 is 0 Å². The van der Waals surface area contributed by atoms with Gasteiger partial charge in [0.05, 0.1) is 11.1 Å². The third-order valence-corrected chi connectivity index (χ3v) is 6.63. The molecule has 2 aromatic carbocycles. The van der Waals surface area contributed by atoms with Crippen molar-refractivity contribution in [3.63, 3.8) is 0 Å². The fourth-order valence-electron chi connectivity index (χ4n) is 3.24. The van der Waals surface area contributed by atoms with Gasteiger partial charge in [-0.05, 0) is 35.9 Å². The average molecular weight is 514 g/mol. The number of unbranched alkanes of at least 4 members (excludes halogenated alkanes) is 3. The van der Waals surface area contributed by atoms with Crippen LogP contribution in [0.3, 0.4) is 0 Å². The highest BCUT2D eigenvalue weighted by molar-refractivity contribution is 8.14. The quantitative estimate of drug-likeness (QED) is 0.234. The molecule has 0 saturated heterocycles. The van der Waals surface area contributed by atoms with E-state index in [1.54, 1.807) is 0 Å². The predicted octanol–water partition coefficient (Wildman–Crippen LogP) is 4.41. The third-order valence-electron chi connectivity index (χ3n) is 4.86. The van der Waals surface area contributed by atoms with E-state index in [4.69, 9.17) is 0 Å². The Kier molecular flexibility index (Phi) is 7.70. The molecule has 0 aliphatic carbocycles. The van der Waals surface area contributed by atoms with Crippen LogP contribution in [0.1, 0.15) is 58.9 Å². The molecule has 0 N–H and O–H groups in total. The van der Waals surface area contributed by atoms with Crippen molar-refractivity contribution in [3.05, 3.63) is 47.0 Å². The molecule has 0 fully saturated rings. The Morgan fingerprint density at radius 3 is 2.38 bits per heavy atom. The molecule has 0 aromatic heterocycles. The highest BCUT2D eigenvalue weighted by Crippen LogP contribution is 2.34. The summed E-state index contributed by atoms with van der Waals surface area (Å²) in [5, 5.41) is -0.387. The topological polar surface area (TPSA) is 97.8 Å². The molecular weight excluding hydrogens is 495 g/mol. The van der Waals surface area contributed by atoms with Crippen LogP contribution in [-0.4, -0.2) is 41.7 Å². The number of halogens is 3. The first-order chi connectivity index (χ1) is 16.0. The molecule has 1 heterocycles. The van der Waals surface area contributed by atoms with Gasteiger partial charge >= 0.3 is 15.6 Å². The molecule has 0 radical (unpaired) electrons. The van der Waals surface area contributed by atoms with Gasteiger partial charge in [-0.1, -0.05) is 56.0 Å². The molecule has 2 aromatic rings. The van der Waals surface area contributed by atoms with Gasteiger partial charge in [0, 0.05) is 16.7 Å². The molecule has 0 unspecified atom stereocenters. The number of hydrogen-bond acceptors (Lipinski definition) is 7. The predicted molar refractivity (Wildman–Crippen MR) is 119 cm³/mol. The minimum atomic E-state index is -6.25. The van der Waals surface area contributed by atoms with Crippen molar-refractivity contribution in [2.75, 3.05) is 5.75 Å². The van der Waals surface area contributed by atoms with E-state index in [1.165, 1.54) is 30.3 Å². The van der Waals surface area contributed by atoms with Gasteiger partial charge in [-0.3, -0.25) is 14.4 Å². The van der Waals surface area contributed by atoms with E-state index in [0.717, 1.165) is 37.4 Å². The van der Waals surface area contributed by atoms with Crippen molar-refractivity contribution in [3.8, 4) is 11.8 Å². The summed E-state index contributed by atoms with van der Waals surface area (Å²) in [6.45, 7) is 2.08. The van der Waals surface area contributed by atoms with E-state index in [0.29, 0.717) is 16.7 Å². The van der Waals surface area contributed by atoms with Crippen LogP contribution in [0.25, 0.3) is 10.8 Å². The van der Waals surface area contributed by atoms with Crippen LogP contribution in [0, 0.1) is 11.8 Å². The second kappa shape index (κ2) is 10.2. The largest absolute Gasteiger partial charge is 0.525 e. The van der Waals surface area contributed by atoms with E-state index in [-0.39, 0.29) is 21.6 Å². The zero-order chi connectivity index (χ0) is 25.1. The molecule has 0 spiro atoms. The van der Waals surface area contributed by atoms with Gasteiger partial charge in [0.1, 0.15) is 0 Å². The standard InChI is InChI=1S/C22H18F3NO6S2/c1-2-3-4-5-13-33-18(27)12-10-14-9-11-17-19-15(14)7-6-8-16(19)20(28)26(21(17)29)32-34(30,31)22(23,24)25/h6-9,11H,2-5,13H2,1H3. The van der Waals surface area contributed by atoms with Gasteiger partial charge in [0.25, 0.3) is 16.9 Å². The number of carbonyl (C=O) groups is 3. The van der Waals surface area contributed by atoms with E-state index in [2.05, 4.69) is 23.0 Å².